The van der Waals surface area contributed by atoms with Crippen molar-refractivity contribution in [1.29, 1.82) is 0 Å². The van der Waals surface area contributed by atoms with Crippen molar-refractivity contribution in [2.45, 2.75) is 118 Å². The van der Waals surface area contributed by atoms with E-state index in [0.717, 1.165) is 38.5 Å². The molecule has 0 aromatic heterocycles. The summed E-state index contributed by atoms with van der Waals surface area (Å²) in [5.41, 5.74) is 0.539. The van der Waals surface area contributed by atoms with Gasteiger partial charge in [0.15, 0.2) is 0 Å². The molecule has 0 aliphatic heterocycles. The van der Waals surface area contributed by atoms with E-state index in [2.05, 4.69) is 54.5 Å². The van der Waals surface area contributed by atoms with Crippen LogP contribution >= 0.6 is 0 Å². The molecule has 4 N–H and O–H groups in total. The van der Waals surface area contributed by atoms with E-state index in [4.69, 9.17) is 0 Å². The lowest BCUT2D eigenvalue weighted by Crippen LogP contribution is -2.69. The molecule has 0 heterocycles. The largest absolute Gasteiger partial charge is 0.396 e. The first kappa shape index (κ1) is 25.2. The van der Waals surface area contributed by atoms with Crippen molar-refractivity contribution in [3.63, 3.8) is 0 Å². The highest BCUT2D eigenvalue weighted by molar-refractivity contribution is 5.35. The van der Waals surface area contributed by atoms with Crippen LogP contribution in [0.2, 0.25) is 0 Å². The summed E-state index contributed by atoms with van der Waals surface area (Å²) in [7, 11) is 0. The van der Waals surface area contributed by atoms with E-state index in [1.165, 1.54) is 5.57 Å². The zero-order valence-electron chi connectivity index (χ0n) is 22.7. The van der Waals surface area contributed by atoms with E-state index in [9.17, 15) is 20.4 Å². The first-order chi connectivity index (χ1) is 15.6. The third-order valence-electron chi connectivity index (χ3n) is 13.1. The molecule has 194 valence electrons. The standard InChI is InChI=1S/C30H50O4/c1-25(2)14-19-18-8-9-21-27(5)12-11-22(32)26(3,4)20(27)10-13-28(21,6)29(18,7)16-24(34)30(19,17-31)23(33)15-25/h8,19-24,31-34H,9-17H2,1-7H3/t19-,20-,21+,22-,23-,24-,27-,28+,29+,30+/m0/s1. The van der Waals surface area contributed by atoms with Gasteiger partial charge in [0.05, 0.1) is 30.3 Å². The van der Waals surface area contributed by atoms with E-state index in [0.29, 0.717) is 24.7 Å². The molecule has 5 aliphatic carbocycles. The van der Waals surface area contributed by atoms with Gasteiger partial charge in [-0.2, -0.15) is 0 Å². The molecule has 34 heavy (non-hydrogen) atoms. The molecule has 0 amide bonds. The van der Waals surface area contributed by atoms with Crippen molar-refractivity contribution < 1.29 is 20.4 Å². The molecular weight excluding hydrogens is 424 g/mol. The van der Waals surface area contributed by atoms with Gasteiger partial charge in [-0.1, -0.05) is 60.1 Å². The van der Waals surface area contributed by atoms with Gasteiger partial charge in [0, 0.05) is 0 Å². The molecule has 4 saturated carbocycles. The highest BCUT2D eigenvalue weighted by Crippen LogP contribution is 2.75. The molecule has 4 fully saturated rings. The summed E-state index contributed by atoms with van der Waals surface area (Å²) in [6, 6.07) is 0. The fourth-order valence-corrected chi connectivity index (χ4v) is 10.9. The SMILES string of the molecule is CC1(C)C[C@H](O)[C@]2(CO)[C@@H](O)C[C@]3(C)C(=CC[C@@H]4[C@@]5(C)CC[C@H](O)C(C)(C)[C@@H]5CC[C@]43C)[C@@H]2C1. The van der Waals surface area contributed by atoms with E-state index in [-0.39, 0.29) is 45.7 Å². The van der Waals surface area contributed by atoms with Gasteiger partial charge in [-0.05, 0) is 96.2 Å². The first-order valence-corrected chi connectivity index (χ1v) is 14.0. The highest BCUT2D eigenvalue weighted by atomic mass is 16.3. The van der Waals surface area contributed by atoms with Crippen LogP contribution in [-0.4, -0.2) is 45.3 Å². The van der Waals surface area contributed by atoms with Crippen molar-refractivity contribution in [3.05, 3.63) is 11.6 Å². The van der Waals surface area contributed by atoms with Gasteiger partial charge >= 0.3 is 0 Å². The van der Waals surface area contributed by atoms with E-state index < -0.39 is 17.6 Å². The second-order valence-corrected chi connectivity index (χ2v) is 15.3. The van der Waals surface area contributed by atoms with Crippen LogP contribution in [0.4, 0.5) is 0 Å². The van der Waals surface area contributed by atoms with E-state index >= 15 is 0 Å². The van der Waals surface area contributed by atoms with Gasteiger partial charge in [-0.25, -0.2) is 0 Å². The van der Waals surface area contributed by atoms with Crippen LogP contribution in [-0.2, 0) is 0 Å². The van der Waals surface area contributed by atoms with Gasteiger partial charge < -0.3 is 20.4 Å². The minimum Gasteiger partial charge on any atom is -0.396 e. The summed E-state index contributed by atoms with van der Waals surface area (Å²) < 4.78 is 0. The second-order valence-electron chi connectivity index (χ2n) is 15.3. The summed E-state index contributed by atoms with van der Waals surface area (Å²) in [5.74, 6) is 1.02. The van der Waals surface area contributed by atoms with Crippen molar-refractivity contribution in [3.8, 4) is 0 Å². The van der Waals surface area contributed by atoms with Gasteiger partial charge in [-0.15, -0.1) is 0 Å². The molecule has 0 unspecified atom stereocenters. The van der Waals surface area contributed by atoms with Crippen molar-refractivity contribution in [1.82, 2.24) is 0 Å². The Bertz CT molecular complexity index is 877. The van der Waals surface area contributed by atoms with Crippen LogP contribution in [0.1, 0.15) is 99.8 Å². The fourth-order valence-electron chi connectivity index (χ4n) is 10.9. The van der Waals surface area contributed by atoms with Gasteiger partial charge in [0.2, 0.25) is 0 Å². The van der Waals surface area contributed by atoms with E-state index in [1.54, 1.807) is 0 Å². The second kappa shape index (κ2) is 7.33. The quantitative estimate of drug-likeness (QED) is 0.399. The molecule has 10 atom stereocenters. The number of aliphatic hydroxyl groups excluding tert-OH is 4. The van der Waals surface area contributed by atoms with Gasteiger partial charge in [-0.3, -0.25) is 0 Å². The minimum absolute atomic E-state index is 0.0120. The molecular formula is C30H50O4. The Balaban J connectivity index is 1.62. The number of allylic oxidation sites excluding steroid dienone is 2. The monoisotopic (exact) mass is 474 g/mol. The summed E-state index contributed by atoms with van der Waals surface area (Å²) in [4.78, 5) is 0. The Morgan fingerprint density at radius 1 is 0.794 bits per heavy atom. The molecule has 5 aliphatic rings. The maximum atomic E-state index is 11.7. The molecule has 0 aromatic carbocycles. The van der Waals surface area contributed by atoms with Crippen LogP contribution in [0, 0.1) is 50.2 Å². The third kappa shape index (κ3) is 2.86. The normalized spacial score (nSPS) is 55.8. The molecule has 0 bridgehead atoms. The number of fused-ring (bicyclic) bond motifs is 7. The van der Waals surface area contributed by atoms with Crippen molar-refractivity contribution in [2.24, 2.45) is 50.2 Å². The molecule has 4 nitrogen and oxygen atoms in total. The molecule has 0 saturated heterocycles. The highest BCUT2D eigenvalue weighted by Gasteiger charge is 2.70. The topological polar surface area (TPSA) is 80.9 Å². The summed E-state index contributed by atoms with van der Waals surface area (Å²) >= 11 is 0. The van der Waals surface area contributed by atoms with Crippen molar-refractivity contribution in [2.75, 3.05) is 6.61 Å². The van der Waals surface area contributed by atoms with Gasteiger partial charge in [0.25, 0.3) is 0 Å². The maximum Gasteiger partial charge on any atom is 0.0657 e. The zero-order chi connectivity index (χ0) is 25.1. The average molecular weight is 475 g/mol. The van der Waals surface area contributed by atoms with Crippen LogP contribution in [0.3, 0.4) is 0 Å². The number of hydrogen-bond donors (Lipinski definition) is 4. The van der Waals surface area contributed by atoms with Crippen LogP contribution in [0.25, 0.3) is 0 Å². The summed E-state index contributed by atoms with van der Waals surface area (Å²) in [6.07, 6.45) is 8.23. The van der Waals surface area contributed by atoms with Crippen molar-refractivity contribution >= 4 is 0 Å². The molecule has 0 aromatic rings. The Kier molecular flexibility index (Phi) is 5.44. The first-order valence-electron chi connectivity index (χ1n) is 14.0. The number of aliphatic hydroxyl groups is 4. The predicted octanol–water partition coefficient (Wildman–Crippen LogP) is 5.08. The molecule has 0 radical (unpaired) electrons. The lowest BCUT2D eigenvalue weighted by atomic mass is 9.33. The predicted molar refractivity (Wildman–Crippen MR) is 135 cm³/mol. The summed E-state index contributed by atoms with van der Waals surface area (Å²) in [5, 5.41) is 44.6. The Hall–Kier alpha value is -0.420. The lowest BCUT2D eigenvalue weighted by Gasteiger charge is -2.72. The van der Waals surface area contributed by atoms with E-state index in [1.807, 2.05) is 0 Å². The maximum absolute atomic E-state index is 11.7. The van der Waals surface area contributed by atoms with Crippen LogP contribution < -0.4 is 0 Å². The number of rotatable bonds is 1. The summed E-state index contributed by atoms with van der Waals surface area (Å²) in [6.45, 7) is 16.2. The zero-order valence-corrected chi connectivity index (χ0v) is 22.7. The Morgan fingerprint density at radius 2 is 1.44 bits per heavy atom. The molecule has 0 spiro atoms. The van der Waals surface area contributed by atoms with Gasteiger partial charge in [0.1, 0.15) is 0 Å². The molecule has 5 rings (SSSR count). The lowest BCUT2D eigenvalue weighted by molar-refractivity contribution is -0.235. The Labute approximate surface area is 207 Å². The minimum atomic E-state index is -0.845. The smallest absolute Gasteiger partial charge is 0.0657 e. The molecule has 4 heteroatoms. The average Bonchev–Trinajstić information content (AvgIpc) is 2.71. The Morgan fingerprint density at radius 3 is 2.09 bits per heavy atom. The van der Waals surface area contributed by atoms with Crippen LogP contribution in [0.15, 0.2) is 11.6 Å². The third-order valence-corrected chi connectivity index (χ3v) is 13.1. The van der Waals surface area contributed by atoms with Crippen LogP contribution in [0.5, 0.6) is 0 Å². The number of hydrogen-bond acceptors (Lipinski definition) is 4. The fraction of sp³-hybridized carbons (Fsp3) is 0.933.